The minimum Gasteiger partial charge on any atom is -0.465 e. The number of hydrogen-bond acceptors (Lipinski definition) is 1. The zero-order chi connectivity index (χ0) is 11.1. The minimum absolute atomic E-state index is 0.0278. The molecule has 2 unspecified atom stereocenters. The molecular formula is C11H19NO2. The van der Waals surface area contributed by atoms with Crippen molar-refractivity contribution in [2.75, 3.05) is 0 Å². The Morgan fingerprint density at radius 1 is 1.29 bits per heavy atom. The van der Waals surface area contributed by atoms with Crippen molar-refractivity contribution in [3.05, 3.63) is 25.3 Å². The zero-order valence-electron chi connectivity index (χ0n) is 8.94. The van der Waals surface area contributed by atoms with Crippen LogP contribution in [0.2, 0.25) is 0 Å². The number of carboxylic acid groups (broad SMARTS) is 1. The molecule has 2 atom stereocenters. The zero-order valence-corrected chi connectivity index (χ0v) is 8.94. The average Bonchev–Trinajstić information content (AvgIpc) is 2.04. The first-order valence-electron chi connectivity index (χ1n) is 4.77. The molecule has 0 rings (SSSR count). The maximum Gasteiger partial charge on any atom is 0.407 e. The lowest BCUT2D eigenvalue weighted by Gasteiger charge is -2.31. The van der Waals surface area contributed by atoms with Crippen LogP contribution in [0.15, 0.2) is 25.3 Å². The number of carbonyl (C=O) groups is 1. The topological polar surface area (TPSA) is 40.5 Å². The van der Waals surface area contributed by atoms with Crippen LogP contribution in [-0.4, -0.2) is 28.2 Å². The molecule has 3 nitrogen and oxygen atoms in total. The van der Waals surface area contributed by atoms with Crippen LogP contribution in [0.5, 0.6) is 0 Å². The third-order valence-corrected chi connectivity index (χ3v) is 2.19. The van der Waals surface area contributed by atoms with Crippen molar-refractivity contribution in [1.82, 2.24) is 4.90 Å². The lowest BCUT2D eigenvalue weighted by Crippen LogP contribution is -2.43. The fourth-order valence-electron chi connectivity index (χ4n) is 1.52. The largest absolute Gasteiger partial charge is 0.465 e. The smallest absolute Gasteiger partial charge is 0.407 e. The summed E-state index contributed by atoms with van der Waals surface area (Å²) in [5.74, 6) is 0. The van der Waals surface area contributed by atoms with Crippen molar-refractivity contribution >= 4 is 6.09 Å². The van der Waals surface area contributed by atoms with E-state index in [9.17, 15) is 4.79 Å². The van der Waals surface area contributed by atoms with Gasteiger partial charge >= 0.3 is 6.09 Å². The predicted octanol–water partition coefficient (Wildman–Crippen LogP) is 2.90. The molecule has 0 aromatic rings. The van der Waals surface area contributed by atoms with Gasteiger partial charge in [0.25, 0.3) is 0 Å². The fourth-order valence-corrected chi connectivity index (χ4v) is 1.52. The summed E-state index contributed by atoms with van der Waals surface area (Å²) in [6, 6.07) is -0.0556. The van der Waals surface area contributed by atoms with E-state index in [1.165, 1.54) is 4.90 Å². The molecule has 14 heavy (non-hydrogen) atoms. The van der Waals surface area contributed by atoms with Crippen LogP contribution in [0.1, 0.15) is 26.7 Å². The van der Waals surface area contributed by atoms with E-state index in [1.54, 1.807) is 12.2 Å². The molecular weight excluding hydrogens is 178 g/mol. The molecule has 0 saturated heterocycles. The van der Waals surface area contributed by atoms with Crippen LogP contribution in [0.25, 0.3) is 0 Å². The SMILES string of the molecule is C=CCC(C)N(C(=O)O)C(C)CC=C. The average molecular weight is 197 g/mol. The lowest BCUT2D eigenvalue weighted by atomic mass is 10.1. The number of rotatable bonds is 6. The number of hydrogen-bond donors (Lipinski definition) is 1. The standard InChI is InChI=1S/C11H19NO2/c1-5-7-9(3)12(11(13)14)10(4)8-6-2/h5-6,9-10H,1-2,7-8H2,3-4H3,(H,13,14). The van der Waals surface area contributed by atoms with E-state index >= 15 is 0 Å². The Hall–Kier alpha value is -1.25. The summed E-state index contributed by atoms with van der Waals surface area (Å²) < 4.78 is 0. The van der Waals surface area contributed by atoms with Gasteiger partial charge in [-0.15, -0.1) is 13.2 Å². The van der Waals surface area contributed by atoms with Crippen molar-refractivity contribution in [2.45, 2.75) is 38.8 Å². The number of nitrogens with zero attached hydrogens (tertiary/aromatic N) is 1. The highest BCUT2D eigenvalue weighted by Gasteiger charge is 2.22. The summed E-state index contributed by atoms with van der Waals surface area (Å²) in [6.45, 7) is 11.0. The Kier molecular flexibility index (Phi) is 5.68. The summed E-state index contributed by atoms with van der Waals surface area (Å²) in [7, 11) is 0. The molecule has 0 heterocycles. The molecule has 0 aliphatic carbocycles. The molecule has 0 saturated carbocycles. The molecule has 0 fully saturated rings. The first-order chi connectivity index (χ1) is 6.54. The summed E-state index contributed by atoms with van der Waals surface area (Å²) in [5, 5.41) is 9.02. The quantitative estimate of drug-likeness (QED) is 0.665. The van der Waals surface area contributed by atoms with Crippen molar-refractivity contribution in [3.63, 3.8) is 0 Å². The van der Waals surface area contributed by atoms with Gasteiger partial charge in [0.1, 0.15) is 0 Å². The van der Waals surface area contributed by atoms with E-state index in [-0.39, 0.29) is 12.1 Å². The van der Waals surface area contributed by atoms with Gasteiger partial charge in [0.2, 0.25) is 0 Å². The van der Waals surface area contributed by atoms with Gasteiger partial charge in [0.15, 0.2) is 0 Å². The monoisotopic (exact) mass is 197 g/mol. The van der Waals surface area contributed by atoms with Gasteiger partial charge in [-0.1, -0.05) is 12.2 Å². The molecule has 0 aromatic carbocycles. The van der Waals surface area contributed by atoms with Gasteiger partial charge in [-0.2, -0.15) is 0 Å². The summed E-state index contributed by atoms with van der Waals surface area (Å²) >= 11 is 0. The van der Waals surface area contributed by atoms with Crippen molar-refractivity contribution in [2.24, 2.45) is 0 Å². The molecule has 0 bridgehead atoms. The van der Waals surface area contributed by atoms with E-state index in [0.717, 1.165) is 0 Å². The highest BCUT2D eigenvalue weighted by Crippen LogP contribution is 2.12. The number of amides is 1. The molecule has 1 amide bonds. The molecule has 1 N–H and O–H groups in total. The Morgan fingerprint density at radius 2 is 1.64 bits per heavy atom. The Labute approximate surface area is 85.7 Å². The van der Waals surface area contributed by atoms with E-state index in [4.69, 9.17) is 5.11 Å². The molecule has 80 valence electrons. The van der Waals surface area contributed by atoms with Gasteiger partial charge in [-0.25, -0.2) is 4.79 Å². The van der Waals surface area contributed by atoms with Crippen molar-refractivity contribution in [1.29, 1.82) is 0 Å². The van der Waals surface area contributed by atoms with Crippen LogP contribution >= 0.6 is 0 Å². The van der Waals surface area contributed by atoms with Crippen LogP contribution in [0.4, 0.5) is 4.79 Å². The van der Waals surface area contributed by atoms with Gasteiger partial charge in [0.05, 0.1) is 0 Å². The van der Waals surface area contributed by atoms with Gasteiger partial charge in [0, 0.05) is 12.1 Å². The van der Waals surface area contributed by atoms with Gasteiger partial charge in [-0.3, -0.25) is 0 Å². The molecule has 0 radical (unpaired) electrons. The maximum absolute atomic E-state index is 11.0. The summed E-state index contributed by atoms with van der Waals surface area (Å²) in [5.41, 5.74) is 0. The second kappa shape index (κ2) is 6.24. The maximum atomic E-state index is 11.0. The highest BCUT2D eigenvalue weighted by molar-refractivity contribution is 5.65. The summed E-state index contributed by atoms with van der Waals surface area (Å²) in [6.07, 6.45) is 3.94. The van der Waals surface area contributed by atoms with Crippen LogP contribution in [0, 0.1) is 0 Å². The van der Waals surface area contributed by atoms with E-state index in [1.807, 2.05) is 13.8 Å². The van der Waals surface area contributed by atoms with Crippen LogP contribution < -0.4 is 0 Å². The van der Waals surface area contributed by atoms with E-state index < -0.39 is 6.09 Å². The Balaban J connectivity index is 4.48. The highest BCUT2D eigenvalue weighted by atomic mass is 16.4. The third-order valence-electron chi connectivity index (χ3n) is 2.19. The van der Waals surface area contributed by atoms with Crippen LogP contribution in [0.3, 0.4) is 0 Å². The molecule has 3 heteroatoms. The molecule has 0 spiro atoms. The van der Waals surface area contributed by atoms with Gasteiger partial charge < -0.3 is 10.0 Å². The van der Waals surface area contributed by atoms with Crippen molar-refractivity contribution in [3.8, 4) is 0 Å². The van der Waals surface area contributed by atoms with Crippen molar-refractivity contribution < 1.29 is 9.90 Å². The lowest BCUT2D eigenvalue weighted by molar-refractivity contribution is 0.108. The second-order valence-electron chi connectivity index (χ2n) is 3.44. The molecule has 0 aliphatic rings. The third kappa shape index (κ3) is 3.64. The first-order valence-corrected chi connectivity index (χ1v) is 4.77. The Morgan fingerprint density at radius 3 is 1.86 bits per heavy atom. The predicted molar refractivity (Wildman–Crippen MR) is 58.4 cm³/mol. The Bertz CT molecular complexity index is 197. The minimum atomic E-state index is -0.881. The summed E-state index contributed by atoms with van der Waals surface area (Å²) in [4.78, 5) is 12.4. The normalized spacial score (nSPS) is 14.1. The molecule has 0 aliphatic heterocycles. The van der Waals surface area contributed by atoms with Crippen LogP contribution in [-0.2, 0) is 0 Å². The first kappa shape index (κ1) is 12.8. The second-order valence-corrected chi connectivity index (χ2v) is 3.44. The van der Waals surface area contributed by atoms with E-state index in [0.29, 0.717) is 12.8 Å². The fraction of sp³-hybridized carbons (Fsp3) is 0.545. The van der Waals surface area contributed by atoms with E-state index in [2.05, 4.69) is 13.2 Å². The molecule has 0 aromatic heterocycles. The van der Waals surface area contributed by atoms with Gasteiger partial charge in [-0.05, 0) is 26.7 Å².